The number of ether oxygens (including phenoxy) is 5. The summed E-state index contributed by atoms with van der Waals surface area (Å²) >= 11 is 0. The molecule has 1 N–H and O–H groups in total. The monoisotopic (exact) mass is 932 g/mol. The molecule has 3 aromatic carbocycles. The van der Waals surface area contributed by atoms with E-state index in [0.29, 0.717) is 11.5 Å². The summed E-state index contributed by atoms with van der Waals surface area (Å²) in [7, 11) is -1.07. The van der Waals surface area contributed by atoms with E-state index in [1.807, 2.05) is 78.9 Å². The first-order chi connectivity index (χ1) is 31.0. The van der Waals surface area contributed by atoms with Crippen molar-refractivity contribution in [2.45, 2.75) is 135 Å². The number of hydrogen-bond acceptors (Lipinski definition) is 12. The molecule has 5 atom stereocenters. The molecular weight excluding hydrogens is 864 g/mol. The van der Waals surface area contributed by atoms with Crippen LogP contribution in [0.5, 0.6) is 11.5 Å². The highest BCUT2D eigenvalue weighted by atomic mass is 31.2. The van der Waals surface area contributed by atoms with E-state index in [1.165, 1.54) is 16.8 Å². The van der Waals surface area contributed by atoms with E-state index in [9.17, 15) is 14.9 Å². The van der Waals surface area contributed by atoms with Crippen LogP contribution in [0.4, 0.5) is 0 Å². The van der Waals surface area contributed by atoms with E-state index in [4.69, 9.17) is 37.2 Å². The molecule has 2 heterocycles. The largest absolute Gasteiger partial charge is 0.497 e. The maximum atomic E-state index is 13.7. The second kappa shape index (κ2) is 23.5. The Labute approximate surface area is 387 Å². The fourth-order valence-corrected chi connectivity index (χ4v) is 16.4. The molecule has 0 amide bonds. The van der Waals surface area contributed by atoms with Crippen molar-refractivity contribution in [3.63, 3.8) is 0 Å². The predicted octanol–water partition coefficient (Wildman–Crippen LogP) is 9.66. The number of benzene rings is 3. The Morgan fingerprint density at radius 3 is 1.80 bits per heavy atom. The summed E-state index contributed by atoms with van der Waals surface area (Å²) in [5.74, 6) is 1.36. The zero-order chi connectivity index (χ0) is 47.5. The smallest absolute Gasteiger partial charge is 0.330 e. The Balaban J connectivity index is 1.71. The second-order valence-corrected chi connectivity index (χ2v) is 24.6. The number of methoxy groups -OCH3 is 2. The molecule has 5 rings (SSSR count). The lowest BCUT2D eigenvalue weighted by Crippen LogP contribution is -2.49. The highest BCUT2D eigenvalue weighted by molar-refractivity contribution is 7.44. The second-order valence-electron chi connectivity index (χ2n) is 17.7. The summed E-state index contributed by atoms with van der Waals surface area (Å²) < 4.78 is 56.6. The first kappa shape index (κ1) is 51.8. The van der Waals surface area contributed by atoms with Crippen LogP contribution in [-0.4, -0.2) is 87.2 Å². The number of nitrogens with one attached hydrogen (secondary N) is 1. The van der Waals surface area contributed by atoms with Crippen molar-refractivity contribution in [2.75, 3.05) is 34.2 Å². The van der Waals surface area contributed by atoms with Crippen molar-refractivity contribution < 1.29 is 37.2 Å². The minimum Gasteiger partial charge on any atom is -0.497 e. The van der Waals surface area contributed by atoms with Crippen LogP contribution in [0.25, 0.3) is 0 Å². The Hall–Kier alpha value is -4.20. The Bertz CT molecular complexity index is 2150. The molecule has 14 nitrogen and oxygen atoms in total. The van der Waals surface area contributed by atoms with Gasteiger partial charge in [-0.05, 0) is 85.3 Å². The van der Waals surface area contributed by atoms with E-state index < -0.39 is 58.2 Å². The van der Waals surface area contributed by atoms with Gasteiger partial charge in [0.2, 0.25) is 8.32 Å². The van der Waals surface area contributed by atoms with Gasteiger partial charge in [-0.3, -0.25) is 14.3 Å². The maximum Gasteiger partial charge on any atom is 0.330 e. The van der Waals surface area contributed by atoms with Crippen LogP contribution in [0.15, 0.2) is 101 Å². The molecule has 1 fully saturated rings. The normalized spacial score (nSPS) is 18.6. The Kier molecular flexibility index (Phi) is 18.7. The van der Waals surface area contributed by atoms with Crippen molar-refractivity contribution in [3.8, 4) is 17.6 Å². The van der Waals surface area contributed by atoms with E-state index in [-0.39, 0.29) is 55.1 Å². The summed E-state index contributed by atoms with van der Waals surface area (Å²) in [5, 5.41) is 9.56. The fourth-order valence-electron chi connectivity index (χ4n) is 9.39. The SMILES string of the molecule is COc1ccc(C(OCC2OC(n3ccc(=O)[nH]c3=O)C(OCO[Si](C(C)C)(C(C)C)C(C)C)C2OP(OCCC#N)N(C(C)C)C(C)C)(c2ccccc2)c2ccc(OC)cc2)cc1. The summed E-state index contributed by atoms with van der Waals surface area (Å²) in [6.45, 7) is 21.4. The van der Waals surface area contributed by atoms with Gasteiger partial charge >= 0.3 is 5.69 Å². The molecule has 354 valence electrons. The molecular formula is C49H69N4O10PSi. The van der Waals surface area contributed by atoms with Crippen LogP contribution in [0.1, 0.15) is 98.6 Å². The van der Waals surface area contributed by atoms with E-state index in [0.717, 1.165) is 16.7 Å². The first-order valence-electron chi connectivity index (χ1n) is 22.5. The van der Waals surface area contributed by atoms with Gasteiger partial charge in [0.1, 0.15) is 42.2 Å². The van der Waals surface area contributed by atoms with Gasteiger partial charge in [-0.15, -0.1) is 0 Å². The molecule has 1 aliphatic rings. The predicted molar refractivity (Wildman–Crippen MR) is 255 cm³/mol. The molecule has 0 saturated carbocycles. The van der Waals surface area contributed by atoms with Crippen LogP contribution < -0.4 is 20.7 Å². The third-order valence-corrected chi connectivity index (χ3v) is 20.4. The van der Waals surface area contributed by atoms with E-state index in [1.54, 1.807) is 14.2 Å². The van der Waals surface area contributed by atoms with Crippen LogP contribution in [0.3, 0.4) is 0 Å². The average Bonchev–Trinajstić information content (AvgIpc) is 3.61. The van der Waals surface area contributed by atoms with Gasteiger partial charge in [-0.2, -0.15) is 5.26 Å². The molecule has 0 bridgehead atoms. The summed E-state index contributed by atoms with van der Waals surface area (Å²) in [6.07, 6.45) is -2.38. The number of aromatic amines is 1. The molecule has 1 aromatic heterocycles. The summed E-state index contributed by atoms with van der Waals surface area (Å²) in [4.78, 5) is 28.6. The highest BCUT2D eigenvalue weighted by Gasteiger charge is 2.53. The molecule has 16 heteroatoms. The van der Waals surface area contributed by atoms with Crippen molar-refractivity contribution in [2.24, 2.45) is 0 Å². The van der Waals surface area contributed by atoms with Gasteiger partial charge in [-0.25, -0.2) is 9.46 Å². The first-order valence-corrected chi connectivity index (χ1v) is 25.8. The Morgan fingerprint density at radius 2 is 1.32 bits per heavy atom. The van der Waals surface area contributed by atoms with Gasteiger partial charge in [0.15, 0.2) is 6.23 Å². The third-order valence-electron chi connectivity index (χ3n) is 12.2. The minimum absolute atomic E-state index is 0.0221. The molecule has 5 unspecified atom stereocenters. The number of nitrogens with zero attached hydrogens (tertiary/aromatic N) is 3. The molecule has 1 aliphatic heterocycles. The molecule has 1 saturated heterocycles. The minimum atomic E-state index is -2.45. The number of hydrogen-bond donors (Lipinski definition) is 1. The van der Waals surface area contributed by atoms with Crippen molar-refractivity contribution in [1.29, 1.82) is 5.26 Å². The highest BCUT2D eigenvalue weighted by Crippen LogP contribution is 2.52. The maximum absolute atomic E-state index is 13.7. The number of nitriles is 1. The summed E-state index contributed by atoms with van der Waals surface area (Å²) in [6, 6.07) is 28.8. The van der Waals surface area contributed by atoms with Crippen LogP contribution >= 0.6 is 8.53 Å². The van der Waals surface area contributed by atoms with Crippen LogP contribution in [-0.2, 0) is 33.3 Å². The zero-order valence-electron chi connectivity index (χ0n) is 40.1. The average molecular weight is 933 g/mol. The lowest BCUT2D eigenvalue weighted by Gasteiger charge is -2.42. The topological polar surface area (TPSA) is 156 Å². The number of H-pyrrole nitrogens is 1. The van der Waals surface area contributed by atoms with Crippen LogP contribution in [0.2, 0.25) is 16.6 Å². The molecule has 65 heavy (non-hydrogen) atoms. The third kappa shape index (κ3) is 11.7. The van der Waals surface area contributed by atoms with E-state index in [2.05, 4.69) is 85.0 Å². The van der Waals surface area contributed by atoms with Gasteiger partial charge in [0, 0.05) is 24.3 Å². The molecule has 0 radical (unpaired) electrons. The molecule has 0 aliphatic carbocycles. The molecule has 4 aromatic rings. The van der Waals surface area contributed by atoms with Gasteiger partial charge in [-0.1, -0.05) is 96.1 Å². The zero-order valence-corrected chi connectivity index (χ0v) is 42.0. The van der Waals surface area contributed by atoms with Crippen molar-refractivity contribution >= 4 is 16.8 Å². The van der Waals surface area contributed by atoms with Gasteiger partial charge in [0.25, 0.3) is 14.1 Å². The van der Waals surface area contributed by atoms with Crippen LogP contribution in [0, 0.1) is 11.3 Å². The summed E-state index contributed by atoms with van der Waals surface area (Å²) in [5.41, 5.74) is 0.807. The lowest BCUT2D eigenvalue weighted by atomic mass is 9.80. The van der Waals surface area contributed by atoms with Crippen molar-refractivity contribution in [1.82, 2.24) is 14.2 Å². The van der Waals surface area contributed by atoms with Crippen molar-refractivity contribution in [3.05, 3.63) is 129 Å². The Morgan fingerprint density at radius 1 is 0.785 bits per heavy atom. The quantitative estimate of drug-likeness (QED) is 0.0234. The molecule has 0 spiro atoms. The standard InChI is InChI=1S/C49H69N4O10PSi/c1-33(2)53(34(3)4)64(60-30-16-28-50)63-45-43(62-47(52-29-27-44(54)51-48(52)55)46(45)58-32-61-65(35(5)6,36(7)8)37(9)10)31-59-49(38-17-14-13-15-18-38,39-19-23-41(56-11)24-20-39)40-21-25-42(57-12)26-22-40/h13-15,17-27,29,33-37,43,45-47H,16,30-32H2,1-12H3,(H,51,54,55). The number of aromatic nitrogens is 2. The fraction of sp³-hybridized carbons (Fsp3) is 0.531. The van der Waals surface area contributed by atoms with Gasteiger partial charge < -0.3 is 37.2 Å². The van der Waals surface area contributed by atoms with Gasteiger partial charge in [0.05, 0.1) is 39.9 Å². The number of rotatable bonds is 24. The van der Waals surface area contributed by atoms with E-state index >= 15 is 0 Å². The lowest BCUT2D eigenvalue weighted by molar-refractivity contribution is -0.116.